The number of carbonyl (C=O) groups is 2. The predicted molar refractivity (Wildman–Crippen MR) is 158 cm³/mol. The number of anilines is 1. The molecule has 0 aliphatic carbocycles. The Hall–Kier alpha value is -4.37. The number of aliphatic hydroxyl groups is 1. The van der Waals surface area contributed by atoms with Crippen LogP contribution in [-0.2, 0) is 16.0 Å². The van der Waals surface area contributed by atoms with Gasteiger partial charge in [-0.1, -0.05) is 23.5 Å². The van der Waals surface area contributed by atoms with Crippen molar-refractivity contribution >= 4 is 44.1 Å². The van der Waals surface area contributed by atoms with E-state index < -0.39 is 17.7 Å². The normalized spacial score (nSPS) is 19.5. The first-order valence-electron chi connectivity index (χ1n) is 13.5. The van der Waals surface area contributed by atoms with Gasteiger partial charge >= 0.3 is 5.91 Å². The van der Waals surface area contributed by atoms with Gasteiger partial charge in [0.2, 0.25) is 0 Å². The topological polar surface area (TPSA) is 98.2 Å². The van der Waals surface area contributed by atoms with Gasteiger partial charge in [-0.2, -0.15) is 0 Å². The van der Waals surface area contributed by atoms with E-state index in [-0.39, 0.29) is 17.4 Å². The van der Waals surface area contributed by atoms with Crippen LogP contribution in [-0.4, -0.2) is 41.6 Å². The Balaban J connectivity index is 1.56. The summed E-state index contributed by atoms with van der Waals surface area (Å²) in [4.78, 5) is 33.7. The van der Waals surface area contributed by atoms with Crippen LogP contribution in [0.2, 0.25) is 0 Å². The molecule has 4 aromatic rings. The molecule has 2 aliphatic heterocycles. The molecule has 1 aromatic heterocycles. The number of Topliss-reactive ketones (excluding diaryl/α,β-unsaturated/α-hetero) is 1. The van der Waals surface area contributed by atoms with Gasteiger partial charge in [0.15, 0.2) is 16.6 Å². The van der Waals surface area contributed by atoms with Gasteiger partial charge in [-0.05, 0) is 86.3 Å². The van der Waals surface area contributed by atoms with Crippen molar-refractivity contribution in [3.63, 3.8) is 0 Å². The molecule has 0 radical (unpaired) electrons. The summed E-state index contributed by atoms with van der Waals surface area (Å²) >= 11 is 1.34. The number of aryl methyl sites for hydroxylation is 2. The highest BCUT2D eigenvalue weighted by atomic mass is 32.1. The molecule has 0 spiro atoms. The number of methoxy groups -OCH3 is 1. The lowest BCUT2D eigenvalue weighted by Gasteiger charge is -2.24. The average Bonchev–Trinajstić information content (AvgIpc) is 3.61. The fourth-order valence-corrected chi connectivity index (χ4v) is 6.83. The first-order chi connectivity index (χ1) is 19.7. The van der Waals surface area contributed by atoms with Gasteiger partial charge in [0.1, 0.15) is 17.6 Å². The molecular formula is C32H30N2O6S. The third-order valence-corrected chi connectivity index (χ3v) is 8.44. The van der Waals surface area contributed by atoms with Crippen LogP contribution in [0.4, 0.5) is 5.13 Å². The number of benzene rings is 3. The van der Waals surface area contributed by atoms with Crippen LogP contribution in [0.15, 0.2) is 54.1 Å². The smallest absolute Gasteiger partial charge is 0.301 e. The Labute approximate surface area is 241 Å². The molecule has 1 fully saturated rings. The SMILES string of the molecule is CCOc1ccc([C@@H]2/C(=C(\O)c3ccc4c(c3)C[C@@H](C)O4)C(=O)C(=O)N2c2nc3c(C)cc(C)cc3s2)cc1OC. The number of thiazole rings is 1. The molecule has 6 rings (SSSR count). The molecule has 9 heteroatoms. The summed E-state index contributed by atoms with van der Waals surface area (Å²) in [7, 11) is 1.53. The van der Waals surface area contributed by atoms with Crippen molar-refractivity contribution in [3.05, 3.63) is 81.9 Å². The number of hydrogen-bond acceptors (Lipinski definition) is 8. The third kappa shape index (κ3) is 4.50. The van der Waals surface area contributed by atoms with E-state index in [1.807, 2.05) is 45.9 Å². The molecule has 2 atom stereocenters. The second kappa shape index (κ2) is 10.2. The number of ketones is 1. The zero-order valence-electron chi connectivity index (χ0n) is 23.5. The molecular weight excluding hydrogens is 540 g/mol. The minimum Gasteiger partial charge on any atom is -0.507 e. The Kier molecular flexibility index (Phi) is 6.69. The standard InChI is InChI=1S/C32H30N2O6S/c1-6-39-23-10-7-19(15-24(23)38-5)28-26(29(35)20-8-9-22-21(14-20)13-18(4)40-22)30(36)31(37)34(28)32-33-27-17(3)11-16(2)12-25(27)41-32/h7-12,14-15,18,28,35H,6,13H2,1-5H3/b29-26+/t18-,28-/m1/s1. The second-order valence-electron chi connectivity index (χ2n) is 10.4. The molecule has 1 N–H and O–H groups in total. The molecule has 1 amide bonds. The first-order valence-corrected chi connectivity index (χ1v) is 14.3. The molecule has 0 unspecified atom stereocenters. The van der Waals surface area contributed by atoms with Gasteiger partial charge in [-0.25, -0.2) is 4.98 Å². The monoisotopic (exact) mass is 570 g/mol. The summed E-state index contributed by atoms with van der Waals surface area (Å²) in [6, 6.07) is 13.7. The van der Waals surface area contributed by atoms with Crippen molar-refractivity contribution in [2.24, 2.45) is 0 Å². The number of fused-ring (bicyclic) bond motifs is 2. The van der Waals surface area contributed by atoms with Crippen LogP contribution in [0, 0.1) is 13.8 Å². The Bertz CT molecular complexity index is 1760. The highest BCUT2D eigenvalue weighted by Gasteiger charge is 2.48. The summed E-state index contributed by atoms with van der Waals surface area (Å²) in [5.74, 6) is -0.0425. The van der Waals surface area contributed by atoms with Crippen LogP contribution in [0.1, 0.15) is 47.7 Å². The zero-order chi connectivity index (χ0) is 29.0. The van der Waals surface area contributed by atoms with Crippen LogP contribution < -0.4 is 19.1 Å². The molecule has 2 aliphatic rings. The van der Waals surface area contributed by atoms with Crippen LogP contribution in [0.3, 0.4) is 0 Å². The fraction of sp³-hybridized carbons (Fsp3) is 0.281. The zero-order valence-corrected chi connectivity index (χ0v) is 24.3. The van der Waals surface area contributed by atoms with Crippen molar-refractivity contribution in [1.82, 2.24) is 4.98 Å². The Morgan fingerprint density at radius 3 is 2.68 bits per heavy atom. The molecule has 41 heavy (non-hydrogen) atoms. The summed E-state index contributed by atoms with van der Waals surface area (Å²) in [5, 5.41) is 12.0. The van der Waals surface area contributed by atoms with Crippen molar-refractivity contribution in [3.8, 4) is 17.2 Å². The summed E-state index contributed by atoms with van der Waals surface area (Å²) in [6.07, 6.45) is 0.713. The number of hydrogen-bond donors (Lipinski definition) is 1. The second-order valence-corrected chi connectivity index (χ2v) is 11.4. The number of rotatable bonds is 6. The van der Waals surface area contributed by atoms with E-state index in [2.05, 4.69) is 0 Å². The molecule has 8 nitrogen and oxygen atoms in total. The average molecular weight is 571 g/mol. The maximum atomic E-state index is 13.7. The number of aliphatic hydroxyl groups excluding tert-OH is 1. The largest absolute Gasteiger partial charge is 0.507 e. The highest BCUT2D eigenvalue weighted by molar-refractivity contribution is 7.22. The van der Waals surface area contributed by atoms with Crippen molar-refractivity contribution in [1.29, 1.82) is 0 Å². The van der Waals surface area contributed by atoms with Crippen LogP contribution >= 0.6 is 11.3 Å². The number of amides is 1. The van der Waals surface area contributed by atoms with E-state index in [1.165, 1.54) is 23.3 Å². The van der Waals surface area contributed by atoms with E-state index in [1.54, 1.807) is 30.3 Å². The Morgan fingerprint density at radius 2 is 1.93 bits per heavy atom. The summed E-state index contributed by atoms with van der Waals surface area (Å²) < 4.78 is 18.0. The van der Waals surface area contributed by atoms with Gasteiger partial charge in [0, 0.05) is 12.0 Å². The number of carbonyl (C=O) groups excluding carboxylic acids is 2. The molecule has 3 aromatic carbocycles. The van der Waals surface area contributed by atoms with E-state index in [0.29, 0.717) is 40.8 Å². The number of nitrogens with zero attached hydrogens (tertiary/aromatic N) is 2. The number of ether oxygens (including phenoxy) is 3. The quantitative estimate of drug-likeness (QED) is 0.166. The highest BCUT2D eigenvalue weighted by Crippen LogP contribution is 2.46. The lowest BCUT2D eigenvalue weighted by Crippen LogP contribution is -2.29. The van der Waals surface area contributed by atoms with Crippen LogP contribution in [0.5, 0.6) is 17.2 Å². The van der Waals surface area contributed by atoms with Crippen molar-refractivity contribution in [2.45, 2.75) is 46.3 Å². The van der Waals surface area contributed by atoms with E-state index >= 15 is 0 Å². The van der Waals surface area contributed by atoms with E-state index in [4.69, 9.17) is 19.2 Å². The van der Waals surface area contributed by atoms with Crippen molar-refractivity contribution < 1.29 is 28.9 Å². The predicted octanol–water partition coefficient (Wildman–Crippen LogP) is 6.27. The van der Waals surface area contributed by atoms with Gasteiger partial charge in [-0.3, -0.25) is 14.5 Å². The fourth-order valence-electron chi connectivity index (χ4n) is 5.66. The van der Waals surface area contributed by atoms with Gasteiger partial charge in [-0.15, -0.1) is 0 Å². The maximum absolute atomic E-state index is 13.7. The maximum Gasteiger partial charge on any atom is 0.301 e. The molecule has 210 valence electrons. The van der Waals surface area contributed by atoms with E-state index in [0.717, 1.165) is 32.7 Å². The molecule has 0 saturated carbocycles. The van der Waals surface area contributed by atoms with Gasteiger partial charge in [0.25, 0.3) is 5.78 Å². The lowest BCUT2D eigenvalue weighted by atomic mass is 9.94. The van der Waals surface area contributed by atoms with Gasteiger partial charge < -0.3 is 19.3 Å². The summed E-state index contributed by atoms with van der Waals surface area (Å²) in [6.45, 7) is 8.28. The minimum atomic E-state index is -0.940. The summed E-state index contributed by atoms with van der Waals surface area (Å²) in [5.41, 5.74) is 4.78. The molecule has 3 heterocycles. The Morgan fingerprint density at radius 1 is 1.12 bits per heavy atom. The first kappa shape index (κ1) is 26.8. The van der Waals surface area contributed by atoms with Crippen molar-refractivity contribution in [2.75, 3.05) is 18.6 Å². The minimum absolute atomic E-state index is 0.0136. The lowest BCUT2D eigenvalue weighted by molar-refractivity contribution is -0.132. The third-order valence-electron chi connectivity index (χ3n) is 7.44. The molecule has 0 bridgehead atoms. The van der Waals surface area contributed by atoms with Crippen LogP contribution in [0.25, 0.3) is 16.0 Å². The van der Waals surface area contributed by atoms with Gasteiger partial charge in [0.05, 0.1) is 35.5 Å². The number of aromatic nitrogens is 1. The molecule has 1 saturated heterocycles. The van der Waals surface area contributed by atoms with E-state index in [9.17, 15) is 14.7 Å².